The molecule has 2 aliphatic heterocycles. The molecule has 4 rings (SSSR count). The highest BCUT2D eigenvalue weighted by atomic mass is 16.5. The van der Waals surface area contributed by atoms with Crippen LogP contribution in [0, 0.1) is 5.92 Å². The summed E-state index contributed by atoms with van der Waals surface area (Å²) in [5, 5.41) is 3.19. The molecule has 148 valence electrons. The summed E-state index contributed by atoms with van der Waals surface area (Å²) in [4.78, 5) is 26.0. The van der Waals surface area contributed by atoms with E-state index in [1.54, 1.807) is 13.4 Å². The standard InChI is InChI=1S/C20H31N5O2/c1-27-13-17-11-19(22-14-21-17)24-9-6-18(7-10-24)25-8-2-3-15(12-25)20(26)23-16-4-5-16/h11,14-16,18H,2-10,12-13H2,1H3,(H,23,26)/t15-/m0/s1. The molecule has 27 heavy (non-hydrogen) atoms. The van der Waals surface area contributed by atoms with Gasteiger partial charge in [-0.2, -0.15) is 0 Å². The molecule has 2 saturated heterocycles. The van der Waals surface area contributed by atoms with Gasteiger partial charge >= 0.3 is 0 Å². The number of nitrogens with zero attached hydrogens (tertiary/aromatic N) is 4. The summed E-state index contributed by atoms with van der Waals surface area (Å²) in [6, 6.07) is 3.08. The van der Waals surface area contributed by atoms with Crippen LogP contribution >= 0.6 is 0 Å². The van der Waals surface area contributed by atoms with Crippen molar-refractivity contribution < 1.29 is 9.53 Å². The molecule has 0 bridgehead atoms. The highest BCUT2D eigenvalue weighted by Gasteiger charge is 2.33. The number of piperidine rings is 2. The molecule has 3 heterocycles. The quantitative estimate of drug-likeness (QED) is 0.816. The van der Waals surface area contributed by atoms with Crippen LogP contribution in [0.15, 0.2) is 12.4 Å². The summed E-state index contributed by atoms with van der Waals surface area (Å²) >= 11 is 0. The number of carbonyl (C=O) groups excluding carboxylic acids is 1. The summed E-state index contributed by atoms with van der Waals surface area (Å²) in [5.74, 6) is 1.46. The number of rotatable bonds is 6. The Kier molecular flexibility index (Phi) is 5.88. The summed E-state index contributed by atoms with van der Waals surface area (Å²) < 4.78 is 5.18. The molecule has 1 aromatic heterocycles. The van der Waals surface area contributed by atoms with Crippen molar-refractivity contribution in [2.24, 2.45) is 5.92 Å². The maximum Gasteiger partial charge on any atom is 0.224 e. The number of hydrogen-bond donors (Lipinski definition) is 1. The molecular weight excluding hydrogens is 342 g/mol. The van der Waals surface area contributed by atoms with Crippen LogP contribution < -0.4 is 10.2 Å². The average molecular weight is 374 g/mol. The van der Waals surface area contributed by atoms with Gasteiger partial charge in [-0.25, -0.2) is 9.97 Å². The molecule has 1 atom stereocenters. The van der Waals surface area contributed by atoms with E-state index < -0.39 is 0 Å². The van der Waals surface area contributed by atoms with E-state index in [1.165, 1.54) is 0 Å². The Labute approximate surface area is 161 Å². The normalized spacial score (nSPS) is 24.8. The van der Waals surface area contributed by atoms with Crippen LogP contribution in [-0.2, 0) is 16.1 Å². The first kappa shape index (κ1) is 18.6. The number of aromatic nitrogens is 2. The maximum absolute atomic E-state index is 12.4. The van der Waals surface area contributed by atoms with Crippen molar-refractivity contribution >= 4 is 11.7 Å². The molecular formula is C20H31N5O2. The van der Waals surface area contributed by atoms with Gasteiger partial charge in [0.15, 0.2) is 0 Å². The van der Waals surface area contributed by atoms with E-state index in [9.17, 15) is 4.79 Å². The lowest BCUT2D eigenvalue weighted by Gasteiger charge is -2.42. The predicted octanol–water partition coefficient (Wildman–Crippen LogP) is 1.58. The van der Waals surface area contributed by atoms with E-state index in [4.69, 9.17) is 4.74 Å². The van der Waals surface area contributed by atoms with Gasteiger partial charge in [-0.1, -0.05) is 0 Å². The van der Waals surface area contributed by atoms with Gasteiger partial charge in [0.1, 0.15) is 12.1 Å². The molecule has 3 fully saturated rings. The first-order valence-electron chi connectivity index (χ1n) is 10.3. The molecule has 3 aliphatic rings. The highest BCUT2D eigenvalue weighted by molar-refractivity contribution is 5.79. The second kappa shape index (κ2) is 8.52. The van der Waals surface area contributed by atoms with Gasteiger partial charge in [-0.05, 0) is 45.1 Å². The Hall–Kier alpha value is -1.73. The monoisotopic (exact) mass is 373 g/mol. The van der Waals surface area contributed by atoms with E-state index in [0.717, 1.165) is 76.2 Å². The van der Waals surface area contributed by atoms with Gasteiger partial charge in [0.05, 0.1) is 18.2 Å². The molecule has 0 unspecified atom stereocenters. The lowest BCUT2D eigenvalue weighted by molar-refractivity contribution is -0.127. The largest absolute Gasteiger partial charge is 0.378 e. The maximum atomic E-state index is 12.4. The minimum atomic E-state index is 0.177. The number of hydrogen-bond acceptors (Lipinski definition) is 6. The number of ether oxygens (including phenoxy) is 1. The van der Waals surface area contributed by atoms with Crippen LogP contribution in [0.4, 0.5) is 5.82 Å². The fraction of sp³-hybridized carbons (Fsp3) is 0.750. The number of methoxy groups -OCH3 is 1. The molecule has 1 aromatic rings. The zero-order chi connectivity index (χ0) is 18.6. The Bertz CT molecular complexity index is 643. The van der Waals surface area contributed by atoms with Crippen LogP contribution in [-0.4, -0.2) is 66.1 Å². The molecule has 1 saturated carbocycles. The van der Waals surface area contributed by atoms with Gasteiger partial charge in [-0.3, -0.25) is 9.69 Å². The molecule has 0 spiro atoms. The molecule has 0 radical (unpaired) electrons. The van der Waals surface area contributed by atoms with Crippen molar-refractivity contribution in [2.75, 3.05) is 38.2 Å². The minimum Gasteiger partial charge on any atom is -0.378 e. The molecule has 7 nitrogen and oxygen atoms in total. The third-order valence-electron chi connectivity index (χ3n) is 6.05. The van der Waals surface area contributed by atoms with Crippen LogP contribution in [0.25, 0.3) is 0 Å². The third kappa shape index (κ3) is 4.76. The molecule has 1 amide bonds. The van der Waals surface area contributed by atoms with Crippen LogP contribution in [0.1, 0.15) is 44.2 Å². The van der Waals surface area contributed by atoms with Crippen LogP contribution in [0.2, 0.25) is 0 Å². The average Bonchev–Trinajstić information content (AvgIpc) is 3.53. The Morgan fingerprint density at radius 3 is 2.74 bits per heavy atom. The van der Waals surface area contributed by atoms with Gasteiger partial charge in [0.25, 0.3) is 0 Å². The third-order valence-corrected chi connectivity index (χ3v) is 6.05. The number of likely N-dealkylation sites (tertiary alicyclic amines) is 1. The van der Waals surface area contributed by atoms with Crippen molar-refractivity contribution in [3.8, 4) is 0 Å². The van der Waals surface area contributed by atoms with Gasteiger partial charge in [-0.15, -0.1) is 0 Å². The molecule has 1 aliphatic carbocycles. The lowest BCUT2D eigenvalue weighted by atomic mass is 9.93. The van der Waals surface area contributed by atoms with E-state index in [2.05, 4.69) is 25.1 Å². The first-order chi connectivity index (χ1) is 13.2. The van der Waals surface area contributed by atoms with Gasteiger partial charge < -0.3 is 15.0 Å². The molecule has 7 heteroatoms. The molecule has 0 aromatic carbocycles. The van der Waals surface area contributed by atoms with Gasteiger partial charge in [0, 0.05) is 44.9 Å². The Morgan fingerprint density at radius 1 is 1.19 bits per heavy atom. The fourth-order valence-electron chi connectivity index (χ4n) is 4.34. The Balaban J connectivity index is 1.29. The summed E-state index contributed by atoms with van der Waals surface area (Å²) in [6.07, 6.45) is 8.38. The van der Waals surface area contributed by atoms with E-state index in [-0.39, 0.29) is 11.8 Å². The van der Waals surface area contributed by atoms with Crippen molar-refractivity contribution in [2.45, 2.75) is 57.2 Å². The minimum absolute atomic E-state index is 0.177. The number of amides is 1. The lowest BCUT2D eigenvalue weighted by Crippen LogP contribution is -2.51. The van der Waals surface area contributed by atoms with Crippen LogP contribution in [0.5, 0.6) is 0 Å². The predicted molar refractivity (Wildman–Crippen MR) is 103 cm³/mol. The highest BCUT2D eigenvalue weighted by Crippen LogP contribution is 2.27. The second-order valence-electron chi connectivity index (χ2n) is 8.14. The Morgan fingerprint density at radius 2 is 2.00 bits per heavy atom. The summed E-state index contributed by atoms with van der Waals surface area (Å²) in [7, 11) is 1.68. The first-order valence-corrected chi connectivity index (χ1v) is 10.3. The number of carbonyl (C=O) groups is 1. The number of nitrogens with one attached hydrogen (secondary N) is 1. The second-order valence-corrected chi connectivity index (χ2v) is 8.14. The van der Waals surface area contributed by atoms with E-state index in [1.807, 2.05) is 6.07 Å². The fourth-order valence-corrected chi connectivity index (χ4v) is 4.34. The van der Waals surface area contributed by atoms with Crippen molar-refractivity contribution in [3.05, 3.63) is 18.1 Å². The number of anilines is 1. The van der Waals surface area contributed by atoms with E-state index in [0.29, 0.717) is 18.7 Å². The summed E-state index contributed by atoms with van der Waals surface area (Å²) in [6.45, 7) is 4.58. The van der Waals surface area contributed by atoms with E-state index >= 15 is 0 Å². The van der Waals surface area contributed by atoms with Crippen molar-refractivity contribution in [3.63, 3.8) is 0 Å². The smallest absolute Gasteiger partial charge is 0.224 e. The SMILES string of the molecule is COCc1cc(N2CCC(N3CCC[C@H](C(=O)NC4CC4)C3)CC2)ncn1. The molecule has 1 N–H and O–H groups in total. The van der Waals surface area contributed by atoms with Crippen LogP contribution in [0.3, 0.4) is 0 Å². The topological polar surface area (TPSA) is 70.6 Å². The van der Waals surface area contributed by atoms with Crippen molar-refractivity contribution in [1.82, 2.24) is 20.2 Å². The zero-order valence-corrected chi connectivity index (χ0v) is 16.3. The van der Waals surface area contributed by atoms with Gasteiger partial charge in [0.2, 0.25) is 5.91 Å². The van der Waals surface area contributed by atoms with Crippen molar-refractivity contribution in [1.29, 1.82) is 0 Å². The summed E-state index contributed by atoms with van der Waals surface area (Å²) in [5.41, 5.74) is 0.921. The zero-order valence-electron chi connectivity index (χ0n) is 16.3.